The molecule has 2 heterocycles. The highest BCUT2D eigenvalue weighted by Gasteiger charge is 2.36. The van der Waals surface area contributed by atoms with Gasteiger partial charge >= 0.3 is 0 Å². The van der Waals surface area contributed by atoms with Crippen molar-refractivity contribution in [3.63, 3.8) is 0 Å². The van der Waals surface area contributed by atoms with E-state index in [4.69, 9.17) is 4.52 Å². The van der Waals surface area contributed by atoms with Gasteiger partial charge in [-0.2, -0.15) is 4.31 Å². The number of amides is 1. The van der Waals surface area contributed by atoms with Crippen LogP contribution in [0.5, 0.6) is 0 Å². The molecule has 1 aliphatic rings. The lowest BCUT2D eigenvalue weighted by molar-refractivity contribution is -0.126. The normalized spacial score (nSPS) is 16.9. The summed E-state index contributed by atoms with van der Waals surface area (Å²) >= 11 is 0. The number of aromatic nitrogens is 1. The summed E-state index contributed by atoms with van der Waals surface area (Å²) in [6.45, 7) is 8.56. The van der Waals surface area contributed by atoms with Crippen molar-refractivity contribution in [1.29, 1.82) is 0 Å². The third-order valence-electron chi connectivity index (χ3n) is 6.62. The largest absolute Gasteiger partial charge is 0.355 e. The zero-order valence-electron chi connectivity index (χ0n) is 21.2. The van der Waals surface area contributed by atoms with Gasteiger partial charge in [-0.15, -0.1) is 0 Å². The van der Waals surface area contributed by atoms with Crippen LogP contribution in [0.2, 0.25) is 0 Å². The summed E-state index contributed by atoms with van der Waals surface area (Å²) in [6.07, 6.45) is 4.76. The molecule has 36 heavy (non-hydrogen) atoms. The molecule has 1 N–H and O–H groups in total. The average Bonchev–Trinajstić information content (AvgIpc) is 3.25. The van der Waals surface area contributed by atoms with Crippen LogP contribution < -0.4 is 5.32 Å². The second kappa shape index (κ2) is 10.8. The van der Waals surface area contributed by atoms with E-state index in [-0.39, 0.29) is 23.1 Å². The number of hydrogen-bond acceptors (Lipinski definition) is 5. The SMILES string of the molecule is Cc1ccc(CNC(=O)C2CCCN(S(=O)(=O)c3c(C)noc3/C=C/c3cc(C)ccc3C)C2)cc1. The molecule has 2 aromatic carbocycles. The molecule has 1 fully saturated rings. The van der Waals surface area contributed by atoms with Crippen molar-refractivity contribution in [3.05, 3.63) is 81.7 Å². The molecule has 1 saturated heterocycles. The molecule has 0 bridgehead atoms. The Morgan fingerprint density at radius 2 is 1.81 bits per heavy atom. The monoisotopic (exact) mass is 507 g/mol. The molecule has 1 atom stereocenters. The van der Waals surface area contributed by atoms with E-state index < -0.39 is 15.9 Å². The van der Waals surface area contributed by atoms with Crippen molar-refractivity contribution in [3.8, 4) is 0 Å². The maximum atomic E-state index is 13.7. The van der Waals surface area contributed by atoms with Crippen molar-refractivity contribution in [2.24, 2.45) is 5.92 Å². The minimum absolute atomic E-state index is 0.0600. The van der Waals surface area contributed by atoms with E-state index in [9.17, 15) is 13.2 Å². The Labute approximate surface area is 213 Å². The molecule has 0 saturated carbocycles. The lowest BCUT2D eigenvalue weighted by Crippen LogP contribution is -2.45. The second-order valence-electron chi connectivity index (χ2n) is 9.56. The molecule has 0 aliphatic carbocycles. The number of nitrogens with one attached hydrogen (secondary N) is 1. The fourth-order valence-electron chi connectivity index (χ4n) is 4.45. The van der Waals surface area contributed by atoms with Gasteiger partial charge in [-0.1, -0.05) is 64.8 Å². The first-order valence-corrected chi connectivity index (χ1v) is 13.6. The van der Waals surface area contributed by atoms with Crippen LogP contribution in [0.25, 0.3) is 12.2 Å². The summed E-state index contributed by atoms with van der Waals surface area (Å²) in [5.74, 6) is -0.347. The summed E-state index contributed by atoms with van der Waals surface area (Å²) < 4.78 is 34.1. The van der Waals surface area contributed by atoms with Crippen molar-refractivity contribution in [1.82, 2.24) is 14.8 Å². The highest BCUT2D eigenvalue weighted by molar-refractivity contribution is 7.89. The zero-order valence-corrected chi connectivity index (χ0v) is 22.1. The maximum Gasteiger partial charge on any atom is 0.248 e. The van der Waals surface area contributed by atoms with Crippen LogP contribution in [0.15, 0.2) is 51.9 Å². The first-order chi connectivity index (χ1) is 17.1. The molecule has 7 nitrogen and oxygen atoms in total. The molecule has 1 aromatic heterocycles. The Kier molecular flexibility index (Phi) is 7.76. The zero-order chi connectivity index (χ0) is 25.9. The van der Waals surface area contributed by atoms with E-state index in [1.54, 1.807) is 13.0 Å². The topological polar surface area (TPSA) is 92.5 Å². The smallest absolute Gasteiger partial charge is 0.248 e. The van der Waals surface area contributed by atoms with Gasteiger partial charge in [0.1, 0.15) is 5.69 Å². The van der Waals surface area contributed by atoms with Gasteiger partial charge in [0, 0.05) is 19.6 Å². The molecule has 3 aromatic rings. The molecule has 4 rings (SSSR count). The van der Waals surface area contributed by atoms with Gasteiger partial charge in [-0.25, -0.2) is 8.42 Å². The average molecular weight is 508 g/mol. The predicted molar refractivity (Wildman–Crippen MR) is 141 cm³/mol. The molecule has 0 spiro atoms. The van der Waals surface area contributed by atoms with Crippen LogP contribution in [0.3, 0.4) is 0 Å². The van der Waals surface area contributed by atoms with Crippen LogP contribution in [-0.4, -0.2) is 36.9 Å². The lowest BCUT2D eigenvalue weighted by atomic mass is 9.98. The summed E-state index contributed by atoms with van der Waals surface area (Å²) in [6, 6.07) is 14.1. The Morgan fingerprint density at radius 1 is 1.08 bits per heavy atom. The van der Waals surface area contributed by atoms with E-state index in [0.29, 0.717) is 31.6 Å². The van der Waals surface area contributed by atoms with E-state index >= 15 is 0 Å². The fourth-order valence-corrected chi connectivity index (χ4v) is 6.22. The summed E-state index contributed by atoms with van der Waals surface area (Å²) in [7, 11) is -3.90. The number of nitrogens with zero attached hydrogens (tertiary/aromatic N) is 2. The van der Waals surface area contributed by atoms with E-state index in [1.807, 2.05) is 69.3 Å². The van der Waals surface area contributed by atoms with Crippen LogP contribution in [0, 0.1) is 33.6 Å². The van der Waals surface area contributed by atoms with Gasteiger partial charge in [0.25, 0.3) is 0 Å². The minimum atomic E-state index is -3.90. The molecular formula is C28H33N3O4S. The number of carbonyl (C=O) groups excluding carboxylic acids is 1. The Balaban J connectivity index is 1.49. The number of hydrogen-bond donors (Lipinski definition) is 1. The Hall–Kier alpha value is -3.23. The van der Waals surface area contributed by atoms with Crippen LogP contribution in [0.4, 0.5) is 0 Å². The van der Waals surface area contributed by atoms with E-state index in [2.05, 4.69) is 10.5 Å². The summed E-state index contributed by atoms with van der Waals surface area (Å²) in [5.41, 5.74) is 5.65. The maximum absolute atomic E-state index is 13.7. The molecule has 8 heteroatoms. The van der Waals surface area contributed by atoms with Crippen molar-refractivity contribution in [2.75, 3.05) is 13.1 Å². The minimum Gasteiger partial charge on any atom is -0.355 e. The third-order valence-corrected chi connectivity index (χ3v) is 8.65. The van der Waals surface area contributed by atoms with Crippen molar-refractivity contribution < 1.29 is 17.7 Å². The van der Waals surface area contributed by atoms with Gasteiger partial charge < -0.3 is 9.84 Å². The Morgan fingerprint density at radius 3 is 2.56 bits per heavy atom. The molecular weight excluding hydrogens is 474 g/mol. The van der Waals surface area contributed by atoms with Crippen molar-refractivity contribution >= 4 is 28.1 Å². The number of piperidine rings is 1. The Bertz CT molecular complexity index is 1370. The number of benzene rings is 2. The lowest BCUT2D eigenvalue weighted by Gasteiger charge is -2.31. The predicted octanol–water partition coefficient (Wildman–Crippen LogP) is 4.80. The van der Waals surface area contributed by atoms with Gasteiger partial charge in [0.15, 0.2) is 10.7 Å². The second-order valence-corrected chi connectivity index (χ2v) is 11.4. The molecule has 1 aliphatic heterocycles. The van der Waals surface area contributed by atoms with Crippen LogP contribution in [0.1, 0.15) is 52.1 Å². The van der Waals surface area contributed by atoms with E-state index in [0.717, 1.165) is 27.8 Å². The third kappa shape index (κ3) is 5.77. The van der Waals surface area contributed by atoms with Crippen molar-refractivity contribution in [2.45, 2.75) is 52.0 Å². The highest BCUT2D eigenvalue weighted by Crippen LogP contribution is 2.29. The van der Waals surface area contributed by atoms with Crippen LogP contribution >= 0.6 is 0 Å². The summed E-state index contributed by atoms with van der Waals surface area (Å²) in [4.78, 5) is 12.9. The molecule has 0 radical (unpaired) electrons. The highest BCUT2D eigenvalue weighted by atomic mass is 32.2. The first-order valence-electron chi connectivity index (χ1n) is 12.2. The fraction of sp³-hybridized carbons (Fsp3) is 0.357. The van der Waals surface area contributed by atoms with Gasteiger partial charge in [0.05, 0.1) is 5.92 Å². The number of sulfonamides is 1. The van der Waals surface area contributed by atoms with Crippen LogP contribution in [-0.2, 0) is 21.4 Å². The van der Waals surface area contributed by atoms with Gasteiger partial charge in [0.2, 0.25) is 15.9 Å². The molecule has 1 unspecified atom stereocenters. The standard InChI is InChI=1S/C28H33N3O4S/c1-19-8-11-23(12-9-19)17-29-28(32)25-6-5-15-31(18-25)36(33,34)27-22(4)30-35-26(27)14-13-24-16-20(2)7-10-21(24)3/h7-14,16,25H,5-6,15,17-18H2,1-4H3,(H,29,32)/b14-13+. The number of rotatable bonds is 7. The number of carbonyl (C=O) groups is 1. The van der Waals surface area contributed by atoms with Gasteiger partial charge in [-0.05, 0) is 63.3 Å². The van der Waals surface area contributed by atoms with Gasteiger partial charge in [-0.3, -0.25) is 4.79 Å². The summed E-state index contributed by atoms with van der Waals surface area (Å²) in [5, 5.41) is 6.91. The van der Waals surface area contributed by atoms with E-state index in [1.165, 1.54) is 4.31 Å². The quantitative estimate of drug-likeness (QED) is 0.496. The molecule has 1 amide bonds. The molecule has 190 valence electrons. The number of aryl methyl sites for hydroxylation is 4. The first kappa shape index (κ1) is 25.9.